The van der Waals surface area contributed by atoms with Crippen molar-refractivity contribution in [1.29, 1.82) is 0 Å². The number of rotatable bonds is 4. The molecule has 0 radical (unpaired) electrons. The molecule has 0 saturated heterocycles. The summed E-state index contributed by atoms with van der Waals surface area (Å²) >= 11 is 0. The van der Waals surface area contributed by atoms with Crippen LogP contribution in [0.15, 0.2) is 54.6 Å². The van der Waals surface area contributed by atoms with Crippen molar-refractivity contribution in [2.45, 2.75) is 13.5 Å². The van der Waals surface area contributed by atoms with Crippen LogP contribution < -0.4 is 9.47 Å². The number of methoxy groups -OCH3 is 1. The lowest BCUT2D eigenvalue weighted by molar-refractivity contribution is 0.304. The summed E-state index contributed by atoms with van der Waals surface area (Å²) in [6, 6.07) is 16.5. The van der Waals surface area contributed by atoms with Gasteiger partial charge in [-0.2, -0.15) is 0 Å². The van der Waals surface area contributed by atoms with Crippen molar-refractivity contribution in [2.24, 2.45) is 0 Å². The molecule has 0 fully saturated rings. The van der Waals surface area contributed by atoms with Gasteiger partial charge in [0.25, 0.3) is 0 Å². The molecule has 0 spiro atoms. The number of aryl methyl sites for hydroxylation is 1. The van der Waals surface area contributed by atoms with Crippen molar-refractivity contribution in [1.82, 2.24) is 4.98 Å². The third-order valence-corrected chi connectivity index (χ3v) is 4.48. The summed E-state index contributed by atoms with van der Waals surface area (Å²) in [5.41, 5.74) is 3.91. The maximum Gasteiger partial charge on any atom is 0.124 e. The van der Waals surface area contributed by atoms with E-state index in [1.165, 1.54) is 12.1 Å². The lowest BCUT2D eigenvalue weighted by Gasteiger charge is -2.10. The van der Waals surface area contributed by atoms with Crippen molar-refractivity contribution in [2.75, 3.05) is 7.11 Å². The highest BCUT2D eigenvalue weighted by Crippen LogP contribution is 2.34. The summed E-state index contributed by atoms with van der Waals surface area (Å²) in [5, 5.41) is 2.30. The number of aromatic amines is 1. The quantitative estimate of drug-likeness (QED) is 0.545. The second-order valence-electron chi connectivity index (χ2n) is 6.07. The number of benzene rings is 3. The maximum atomic E-state index is 13.3. The summed E-state index contributed by atoms with van der Waals surface area (Å²) in [5.74, 6) is 1.35. The van der Waals surface area contributed by atoms with Crippen molar-refractivity contribution in [3.63, 3.8) is 0 Å². The molecule has 0 aliphatic carbocycles. The summed E-state index contributed by atoms with van der Waals surface area (Å²) in [6.45, 7) is 2.36. The average Bonchev–Trinajstić information content (AvgIpc) is 3.00. The molecule has 0 unspecified atom stereocenters. The normalized spacial score (nSPS) is 11.2. The number of H-pyrrole nitrogens is 1. The van der Waals surface area contributed by atoms with E-state index in [9.17, 15) is 4.39 Å². The molecular formula is C21H18FNO2. The van der Waals surface area contributed by atoms with Crippen molar-refractivity contribution in [3.8, 4) is 11.5 Å². The summed E-state index contributed by atoms with van der Waals surface area (Å²) in [6.07, 6.45) is 0. The van der Waals surface area contributed by atoms with Gasteiger partial charge in [-0.1, -0.05) is 12.1 Å². The Morgan fingerprint density at radius 3 is 2.64 bits per heavy atom. The number of hydrogen-bond acceptors (Lipinski definition) is 2. The first kappa shape index (κ1) is 15.5. The Kier molecular flexibility index (Phi) is 3.80. The van der Waals surface area contributed by atoms with E-state index >= 15 is 0 Å². The summed E-state index contributed by atoms with van der Waals surface area (Å²) in [7, 11) is 1.66. The van der Waals surface area contributed by atoms with E-state index in [-0.39, 0.29) is 5.82 Å². The first-order chi connectivity index (χ1) is 12.2. The minimum absolute atomic E-state index is 0.252. The first-order valence-electron chi connectivity index (χ1n) is 8.12. The molecule has 4 aromatic rings. The molecule has 0 saturated carbocycles. The monoisotopic (exact) mass is 335 g/mol. The van der Waals surface area contributed by atoms with Gasteiger partial charge >= 0.3 is 0 Å². The molecule has 1 N–H and O–H groups in total. The molecule has 126 valence electrons. The van der Waals surface area contributed by atoms with E-state index < -0.39 is 0 Å². The van der Waals surface area contributed by atoms with Crippen LogP contribution in [0.1, 0.15) is 11.1 Å². The van der Waals surface area contributed by atoms with Crippen LogP contribution in [0.25, 0.3) is 21.8 Å². The highest BCUT2D eigenvalue weighted by atomic mass is 19.1. The molecule has 4 heteroatoms. The van der Waals surface area contributed by atoms with Crippen LogP contribution in [0.4, 0.5) is 4.39 Å². The fourth-order valence-corrected chi connectivity index (χ4v) is 3.15. The lowest BCUT2D eigenvalue weighted by Crippen LogP contribution is -1.97. The van der Waals surface area contributed by atoms with E-state index in [4.69, 9.17) is 9.47 Å². The first-order valence-corrected chi connectivity index (χ1v) is 8.12. The molecule has 0 amide bonds. The number of nitrogens with one attached hydrogen (secondary N) is 1. The Hall–Kier alpha value is -3.01. The van der Waals surface area contributed by atoms with Gasteiger partial charge in [-0.3, -0.25) is 0 Å². The van der Waals surface area contributed by atoms with Crippen LogP contribution in [0, 0.1) is 12.7 Å². The molecule has 1 aromatic heterocycles. The molecule has 1 heterocycles. The fraction of sp³-hybridized carbons (Fsp3) is 0.143. The number of fused-ring (bicyclic) bond motifs is 3. The number of hydrogen-bond donors (Lipinski definition) is 1. The second-order valence-corrected chi connectivity index (χ2v) is 6.07. The van der Waals surface area contributed by atoms with E-state index in [0.29, 0.717) is 6.61 Å². The second kappa shape index (κ2) is 6.13. The molecule has 25 heavy (non-hydrogen) atoms. The molecule has 3 aromatic carbocycles. The SMILES string of the molecule is COc1ccc2c(c1)[nH]c1c(C)c(OCc3cccc(F)c3)ccc12. The molecule has 3 nitrogen and oxygen atoms in total. The van der Waals surface area contributed by atoms with Crippen molar-refractivity contribution < 1.29 is 13.9 Å². The number of halogens is 1. The molecule has 0 aliphatic rings. The van der Waals surface area contributed by atoms with Gasteiger partial charge in [-0.15, -0.1) is 0 Å². The van der Waals surface area contributed by atoms with Crippen LogP contribution in [-0.2, 0) is 6.61 Å². The maximum absolute atomic E-state index is 13.3. The Bertz CT molecular complexity index is 1070. The predicted octanol–water partition coefficient (Wildman–Crippen LogP) is 5.36. The predicted molar refractivity (Wildman–Crippen MR) is 97.8 cm³/mol. The van der Waals surface area contributed by atoms with Crippen LogP contribution in [-0.4, -0.2) is 12.1 Å². The topological polar surface area (TPSA) is 34.2 Å². The standard InChI is InChI=1S/C21H18FNO2/c1-13-20(25-12-14-4-3-5-15(22)10-14)9-8-18-17-7-6-16(24-2)11-19(17)23-21(13)18/h3-11,23H,12H2,1-2H3. The van der Waals surface area contributed by atoms with Gasteiger partial charge in [-0.25, -0.2) is 4.39 Å². The van der Waals surface area contributed by atoms with Gasteiger partial charge < -0.3 is 14.5 Å². The van der Waals surface area contributed by atoms with Gasteiger partial charge in [-0.05, 0) is 48.9 Å². The smallest absolute Gasteiger partial charge is 0.124 e. The van der Waals surface area contributed by atoms with E-state index in [0.717, 1.165) is 44.4 Å². The third-order valence-electron chi connectivity index (χ3n) is 4.48. The molecule has 0 aliphatic heterocycles. The van der Waals surface area contributed by atoms with Gasteiger partial charge in [0.1, 0.15) is 23.9 Å². The zero-order chi connectivity index (χ0) is 17.4. The van der Waals surface area contributed by atoms with Gasteiger partial charge in [0.15, 0.2) is 0 Å². The Balaban J connectivity index is 1.70. The van der Waals surface area contributed by atoms with Crippen LogP contribution in [0.3, 0.4) is 0 Å². The average molecular weight is 335 g/mol. The molecule has 0 bridgehead atoms. The molecule has 0 atom stereocenters. The summed E-state index contributed by atoms with van der Waals surface area (Å²) < 4.78 is 24.5. The van der Waals surface area contributed by atoms with Crippen LogP contribution in [0.2, 0.25) is 0 Å². The zero-order valence-electron chi connectivity index (χ0n) is 14.1. The van der Waals surface area contributed by atoms with E-state index in [1.807, 2.05) is 31.2 Å². The van der Waals surface area contributed by atoms with Gasteiger partial charge in [0.05, 0.1) is 18.1 Å². The van der Waals surface area contributed by atoms with Crippen molar-refractivity contribution in [3.05, 3.63) is 71.5 Å². The number of aromatic nitrogens is 1. The molecular weight excluding hydrogens is 317 g/mol. The van der Waals surface area contributed by atoms with E-state index in [2.05, 4.69) is 17.1 Å². The third kappa shape index (κ3) is 2.80. The lowest BCUT2D eigenvalue weighted by atomic mass is 10.1. The minimum Gasteiger partial charge on any atom is -0.497 e. The van der Waals surface area contributed by atoms with E-state index in [1.54, 1.807) is 13.2 Å². The van der Waals surface area contributed by atoms with Crippen molar-refractivity contribution >= 4 is 21.8 Å². The van der Waals surface area contributed by atoms with Gasteiger partial charge in [0.2, 0.25) is 0 Å². The number of ether oxygens (including phenoxy) is 2. The highest BCUT2D eigenvalue weighted by Gasteiger charge is 2.11. The van der Waals surface area contributed by atoms with Gasteiger partial charge in [0, 0.05) is 22.4 Å². The summed E-state index contributed by atoms with van der Waals surface area (Å²) in [4.78, 5) is 3.45. The highest BCUT2D eigenvalue weighted by molar-refractivity contribution is 6.09. The Morgan fingerprint density at radius 2 is 1.84 bits per heavy atom. The zero-order valence-corrected chi connectivity index (χ0v) is 14.1. The van der Waals surface area contributed by atoms with Crippen LogP contribution in [0.5, 0.6) is 11.5 Å². The minimum atomic E-state index is -0.252. The molecule has 4 rings (SSSR count). The largest absolute Gasteiger partial charge is 0.497 e. The Morgan fingerprint density at radius 1 is 1.00 bits per heavy atom. The fourth-order valence-electron chi connectivity index (χ4n) is 3.15. The Labute approximate surface area is 145 Å². The van der Waals surface area contributed by atoms with Crippen LogP contribution >= 0.6 is 0 Å².